The summed E-state index contributed by atoms with van der Waals surface area (Å²) in [6.07, 6.45) is 0.713. The molecule has 0 fully saturated rings. The van der Waals surface area contributed by atoms with E-state index < -0.39 is 0 Å². The van der Waals surface area contributed by atoms with Gasteiger partial charge in [-0.1, -0.05) is 43.3 Å². The van der Waals surface area contributed by atoms with Crippen LogP contribution in [0.3, 0.4) is 0 Å². The van der Waals surface area contributed by atoms with Gasteiger partial charge in [-0.25, -0.2) is 0 Å². The van der Waals surface area contributed by atoms with Crippen molar-refractivity contribution in [1.29, 1.82) is 0 Å². The average molecular weight is 288 g/mol. The minimum absolute atomic E-state index is 0.288. The third-order valence-electron chi connectivity index (χ3n) is 3.40. The Balaban J connectivity index is 1.93. The summed E-state index contributed by atoms with van der Waals surface area (Å²) in [5.41, 5.74) is 6.74. The van der Waals surface area contributed by atoms with Crippen molar-refractivity contribution in [2.45, 2.75) is 31.8 Å². The summed E-state index contributed by atoms with van der Waals surface area (Å²) in [6, 6.07) is 14.0. The van der Waals surface area contributed by atoms with Crippen LogP contribution in [-0.2, 0) is 11.3 Å². The number of amides is 1. The first-order valence-electron chi connectivity index (χ1n) is 6.77. The second-order valence-corrected chi connectivity index (χ2v) is 5.99. The molecule has 20 heavy (non-hydrogen) atoms. The molecule has 2 unspecified atom stereocenters. The lowest BCUT2D eigenvalue weighted by atomic mass is 9.93. The summed E-state index contributed by atoms with van der Waals surface area (Å²) in [7, 11) is 0. The number of hydrogen-bond donors (Lipinski definition) is 2. The number of nitrogens with one attached hydrogen (secondary N) is 1. The molecule has 1 amide bonds. The predicted molar refractivity (Wildman–Crippen MR) is 83.6 cm³/mol. The first-order valence-corrected chi connectivity index (χ1v) is 7.65. The van der Waals surface area contributed by atoms with E-state index >= 15 is 0 Å². The highest BCUT2D eigenvalue weighted by Gasteiger charge is 2.19. The molecule has 0 bridgehead atoms. The number of carbonyl (C=O) groups is 1. The Morgan fingerprint density at radius 1 is 1.25 bits per heavy atom. The SMILES string of the molecule is CC(CC(NCc1cccs1)C(N)=O)c1ccccc1. The third kappa shape index (κ3) is 4.18. The van der Waals surface area contributed by atoms with Crippen molar-refractivity contribution < 1.29 is 4.79 Å². The molecule has 1 aromatic heterocycles. The van der Waals surface area contributed by atoms with Gasteiger partial charge >= 0.3 is 0 Å². The highest BCUT2D eigenvalue weighted by Crippen LogP contribution is 2.20. The van der Waals surface area contributed by atoms with Gasteiger partial charge in [-0.2, -0.15) is 0 Å². The molecule has 0 radical (unpaired) electrons. The standard InChI is InChI=1S/C16H20N2OS/c1-12(13-6-3-2-4-7-13)10-15(16(17)19)18-11-14-8-5-9-20-14/h2-9,12,15,18H,10-11H2,1H3,(H2,17,19). The monoisotopic (exact) mass is 288 g/mol. The summed E-state index contributed by atoms with van der Waals surface area (Å²) < 4.78 is 0. The number of thiophene rings is 1. The fourth-order valence-corrected chi connectivity index (χ4v) is 2.86. The Morgan fingerprint density at radius 2 is 2.00 bits per heavy atom. The van der Waals surface area contributed by atoms with E-state index in [1.165, 1.54) is 10.4 Å². The molecular formula is C16H20N2OS. The lowest BCUT2D eigenvalue weighted by Crippen LogP contribution is -2.41. The third-order valence-corrected chi connectivity index (χ3v) is 4.28. The molecule has 2 rings (SSSR count). The van der Waals surface area contributed by atoms with Crippen molar-refractivity contribution >= 4 is 17.2 Å². The summed E-state index contributed by atoms with van der Waals surface area (Å²) in [4.78, 5) is 12.8. The van der Waals surface area contributed by atoms with Crippen LogP contribution < -0.4 is 11.1 Å². The molecule has 2 atom stereocenters. The van der Waals surface area contributed by atoms with Crippen LogP contribution in [0.2, 0.25) is 0 Å². The summed E-state index contributed by atoms with van der Waals surface area (Å²) in [5.74, 6) is 0.00822. The van der Waals surface area contributed by atoms with Crippen LogP contribution >= 0.6 is 11.3 Å². The molecule has 0 aliphatic rings. The van der Waals surface area contributed by atoms with Crippen LogP contribution in [0.1, 0.15) is 29.7 Å². The van der Waals surface area contributed by atoms with E-state index in [1.807, 2.05) is 29.6 Å². The molecule has 3 nitrogen and oxygen atoms in total. The van der Waals surface area contributed by atoms with Gasteiger partial charge in [0.2, 0.25) is 5.91 Å². The van der Waals surface area contributed by atoms with Gasteiger partial charge in [0.15, 0.2) is 0 Å². The molecule has 106 valence electrons. The molecule has 1 heterocycles. The van der Waals surface area contributed by atoms with E-state index in [2.05, 4.69) is 30.4 Å². The molecule has 2 aromatic rings. The quantitative estimate of drug-likeness (QED) is 0.823. The van der Waals surface area contributed by atoms with Crippen LogP contribution in [0, 0.1) is 0 Å². The highest BCUT2D eigenvalue weighted by atomic mass is 32.1. The van der Waals surface area contributed by atoms with Gasteiger partial charge in [0.1, 0.15) is 0 Å². The zero-order valence-electron chi connectivity index (χ0n) is 11.6. The van der Waals surface area contributed by atoms with Gasteiger partial charge in [0.25, 0.3) is 0 Å². The van der Waals surface area contributed by atoms with E-state index in [0.29, 0.717) is 18.9 Å². The Hall–Kier alpha value is -1.65. The zero-order chi connectivity index (χ0) is 14.4. The normalized spacial score (nSPS) is 13.8. The second-order valence-electron chi connectivity index (χ2n) is 4.96. The topological polar surface area (TPSA) is 55.1 Å². The van der Waals surface area contributed by atoms with E-state index in [-0.39, 0.29) is 11.9 Å². The van der Waals surface area contributed by atoms with Crippen LogP contribution in [0.4, 0.5) is 0 Å². The Labute approximate surface area is 123 Å². The highest BCUT2D eigenvalue weighted by molar-refractivity contribution is 7.09. The number of rotatable bonds is 7. The van der Waals surface area contributed by atoms with Crippen molar-refractivity contribution in [3.8, 4) is 0 Å². The summed E-state index contributed by atoms with van der Waals surface area (Å²) in [5, 5.41) is 5.29. The maximum Gasteiger partial charge on any atom is 0.234 e. The molecule has 4 heteroatoms. The predicted octanol–water partition coefficient (Wildman–Crippen LogP) is 2.89. The Kier molecular flexibility index (Phi) is 5.32. The molecule has 0 aliphatic carbocycles. The number of benzene rings is 1. The molecule has 0 saturated carbocycles. The molecular weight excluding hydrogens is 268 g/mol. The maximum atomic E-state index is 11.6. The number of hydrogen-bond acceptors (Lipinski definition) is 3. The maximum absolute atomic E-state index is 11.6. The van der Waals surface area contributed by atoms with Crippen molar-refractivity contribution in [2.75, 3.05) is 0 Å². The van der Waals surface area contributed by atoms with E-state index in [1.54, 1.807) is 11.3 Å². The summed E-state index contributed by atoms with van der Waals surface area (Å²) >= 11 is 1.68. The Morgan fingerprint density at radius 3 is 2.60 bits per heavy atom. The minimum atomic E-state index is -0.299. The molecule has 3 N–H and O–H groups in total. The first kappa shape index (κ1) is 14.8. The van der Waals surface area contributed by atoms with E-state index in [0.717, 1.165) is 0 Å². The fourth-order valence-electron chi connectivity index (χ4n) is 2.21. The molecule has 0 spiro atoms. The van der Waals surface area contributed by atoms with Crippen molar-refractivity contribution in [2.24, 2.45) is 5.73 Å². The second kappa shape index (κ2) is 7.22. The molecule has 0 aliphatic heterocycles. The smallest absolute Gasteiger partial charge is 0.234 e. The van der Waals surface area contributed by atoms with Gasteiger partial charge < -0.3 is 11.1 Å². The first-order chi connectivity index (χ1) is 9.66. The van der Waals surface area contributed by atoms with Gasteiger partial charge in [0, 0.05) is 11.4 Å². The number of primary amides is 1. The summed E-state index contributed by atoms with van der Waals surface area (Å²) in [6.45, 7) is 2.81. The molecule has 0 saturated heterocycles. The fraction of sp³-hybridized carbons (Fsp3) is 0.312. The van der Waals surface area contributed by atoms with Gasteiger partial charge in [-0.05, 0) is 29.3 Å². The van der Waals surface area contributed by atoms with E-state index in [4.69, 9.17) is 5.73 Å². The minimum Gasteiger partial charge on any atom is -0.368 e. The zero-order valence-corrected chi connectivity index (χ0v) is 12.4. The van der Waals surface area contributed by atoms with Gasteiger partial charge in [-0.15, -0.1) is 11.3 Å². The van der Waals surface area contributed by atoms with Crippen molar-refractivity contribution in [3.05, 3.63) is 58.3 Å². The molecule has 1 aromatic carbocycles. The number of nitrogens with two attached hydrogens (primary N) is 1. The Bertz CT molecular complexity index is 525. The lowest BCUT2D eigenvalue weighted by molar-refractivity contribution is -0.120. The largest absolute Gasteiger partial charge is 0.368 e. The van der Waals surface area contributed by atoms with Crippen LogP contribution in [-0.4, -0.2) is 11.9 Å². The average Bonchev–Trinajstić information content (AvgIpc) is 2.97. The number of carbonyl (C=O) groups excluding carboxylic acids is 1. The lowest BCUT2D eigenvalue weighted by Gasteiger charge is -2.19. The van der Waals surface area contributed by atoms with Crippen molar-refractivity contribution in [1.82, 2.24) is 5.32 Å². The van der Waals surface area contributed by atoms with E-state index in [9.17, 15) is 4.79 Å². The van der Waals surface area contributed by atoms with Crippen LogP contribution in [0.25, 0.3) is 0 Å². The van der Waals surface area contributed by atoms with Crippen LogP contribution in [0.5, 0.6) is 0 Å². The van der Waals surface area contributed by atoms with Gasteiger partial charge in [0.05, 0.1) is 6.04 Å². The van der Waals surface area contributed by atoms with Crippen molar-refractivity contribution in [3.63, 3.8) is 0 Å². The van der Waals surface area contributed by atoms with Gasteiger partial charge in [-0.3, -0.25) is 4.79 Å². The van der Waals surface area contributed by atoms with Crippen LogP contribution in [0.15, 0.2) is 47.8 Å².